The van der Waals surface area contributed by atoms with Crippen molar-refractivity contribution in [3.63, 3.8) is 0 Å². The molecule has 0 unspecified atom stereocenters. The monoisotopic (exact) mass is 516 g/mol. The van der Waals surface area contributed by atoms with Crippen molar-refractivity contribution in [1.29, 1.82) is 0 Å². The SMILES string of the molecule is COCCN(CC(=O)N(CCc1c[nH]c2ccccc12)Cc1ccc(C)cc1)C(=O)Nc1ccccc1F. The molecule has 4 rings (SSSR count). The van der Waals surface area contributed by atoms with E-state index in [9.17, 15) is 14.0 Å². The van der Waals surface area contributed by atoms with Crippen LogP contribution in [0.5, 0.6) is 0 Å². The topological polar surface area (TPSA) is 77.7 Å². The zero-order chi connectivity index (χ0) is 26.9. The number of aromatic nitrogens is 1. The molecule has 38 heavy (non-hydrogen) atoms. The Morgan fingerprint density at radius 3 is 2.45 bits per heavy atom. The molecule has 0 bridgehead atoms. The van der Waals surface area contributed by atoms with Crippen LogP contribution in [0.25, 0.3) is 10.9 Å². The Kier molecular flexibility index (Phi) is 9.11. The summed E-state index contributed by atoms with van der Waals surface area (Å²) in [5.74, 6) is -0.746. The molecule has 0 aliphatic carbocycles. The Morgan fingerprint density at radius 2 is 1.68 bits per heavy atom. The van der Waals surface area contributed by atoms with Crippen molar-refractivity contribution in [3.8, 4) is 0 Å². The lowest BCUT2D eigenvalue weighted by Crippen LogP contribution is -2.46. The zero-order valence-electron chi connectivity index (χ0n) is 21.7. The summed E-state index contributed by atoms with van der Waals surface area (Å²) in [6.45, 7) is 3.17. The van der Waals surface area contributed by atoms with E-state index in [4.69, 9.17) is 4.74 Å². The highest BCUT2D eigenvalue weighted by Gasteiger charge is 2.22. The number of aromatic amines is 1. The number of carbonyl (C=O) groups is 2. The summed E-state index contributed by atoms with van der Waals surface area (Å²) >= 11 is 0. The van der Waals surface area contributed by atoms with E-state index in [1.54, 1.807) is 17.0 Å². The minimum absolute atomic E-state index is 0.0585. The number of benzene rings is 3. The van der Waals surface area contributed by atoms with Gasteiger partial charge in [0.15, 0.2) is 0 Å². The fourth-order valence-corrected chi connectivity index (χ4v) is 4.27. The van der Waals surface area contributed by atoms with Crippen LogP contribution in [0.1, 0.15) is 16.7 Å². The van der Waals surface area contributed by atoms with Gasteiger partial charge in [-0.15, -0.1) is 0 Å². The fourth-order valence-electron chi connectivity index (χ4n) is 4.27. The molecule has 3 aromatic carbocycles. The van der Waals surface area contributed by atoms with Gasteiger partial charge >= 0.3 is 6.03 Å². The molecule has 0 saturated heterocycles. The first-order chi connectivity index (χ1) is 18.4. The van der Waals surface area contributed by atoms with Gasteiger partial charge in [-0.25, -0.2) is 9.18 Å². The summed E-state index contributed by atoms with van der Waals surface area (Å²) in [6.07, 6.45) is 2.63. The van der Waals surface area contributed by atoms with E-state index in [-0.39, 0.29) is 31.3 Å². The van der Waals surface area contributed by atoms with Crippen LogP contribution in [0.4, 0.5) is 14.9 Å². The molecule has 198 valence electrons. The summed E-state index contributed by atoms with van der Waals surface area (Å²) < 4.78 is 19.3. The van der Waals surface area contributed by atoms with Crippen molar-refractivity contribution in [2.45, 2.75) is 19.9 Å². The Hall–Kier alpha value is -4.17. The molecular formula is C30H33FN4O3. The van der Waals surface area contributed by atoms with E-state index in [1.165, 1.54) is 24.1 Å². The van der Waals surface area contributed by atoms with E-state index >= 15 is 0 Å². The van der Waals surface area contributed by atoms with Crippen molar-refractivity contribution >= 4 is 28.5 Å². The van der Waals surface area contributed by atoms with Gasteiger partial charge < -0.3 is 24.8 Å². The maximum absolute atomic E-state index is 14.1. The smallest absolute Gasteiger partial charge is 0.322 e. The quantitative estimate of drug-likeness (QED) is 0.282. The lowest BCUT2D eigenvalue weighted by Gasteiger charge is -2.28. The van der Waals surface area contributed by atoms with Crippen molar-refractivity contribution < 1.29 is 18.7 Å². The normalized spacial score (nSPS) is 10.9. The molecule has 7 nitrogen and oxygen atoms in total. The summed E-state index contributed by atoms with van der Waals surface area (Å²) in [4.78, 5) is 33.1. The highest BCUT2D eigenvalue weighted by molar-refractivity contribution is 5.92. The number of ether oxygens (including phenoxy) is 1. The summed E-state index contributed by atoms with van der Waals surface area (Å²) in [6, 6.07) is 21.5. The maximum atomic E-state index is 14.1. The molecule has 1 heterocycles. The van der Waals surface area contributed by atoms with Crippen LogP contribution < -0.4 is 5.32 Å². The van der Waals surface area contributed by atoms with Crippen molar-refractivity contribution in [3.05, 3.63) is 102 Å². The van der Waals surface area contributed by atoms with Crippen LogP contribution >= 0.6 is 0 Å². The number of fused-ring (bicyclic) bond motifs is 1. The van der Waals surface area contributed by atoms with E-state index in [1.807, 2.05) is 55.6 Å². The number of urea groups is 1. The number of nitrogens with one attached hydrogen (secondary N) is 2. The number of aryl methyl sites for hydroxylation is 1. The van der Waals surface area contributed by atoms with Gasteiger partial charge in [-0.2, -0.15) is 0 Å². The predicted molar refractivity (Wildman–Crippen MR) is 147 cm³/mol. The van der Waals surface area contributed by atoms with Gasteiger partial charge in [0.25, 0.3) is 0 Å². The van der Waals surface area contributed by atoms with Gasteiger partial charge in [0.05, 0.1) is 12.3 Å². The predicted octanol–water partition coefficient (Wildman–Crippen LogP) is 5.37. The number of methoxy groups -OCH3 is 1. The van der Waals surface area contributed by atoms with E-state index in [0.717, 1.165) is 27.6 Å². The first kappa shape index (κ1) is 26.9. The van der Waals surface area contributed by atoms with Crippen LogP contribution in [0.2, 0.25) is 0 Å². The number of anilines is 1. The minimum atomic E-state index is -0.563. The molecule has 3 amide bonds. The van der Waals surface area contributed by atoms with E-state index in [0.29, 0.717) is 19.5 Å². The molecule has 0 aliphatic heterocycles. The lowest BCUT2D eigenvalue weighted by molar-refractivity contribution is -0.132. The third-order valence-electron chi connectivity index (χ3n) is 6.47. The molecule has 0 aliphatic rings. The average molecular weight is 517 g/mol. The third kappa shape index (κ3) is 6.98. The first-order valence-electron chi connectivity index (χ1n) is 12.6. The first-order valence-corrected chi connectivity index (χ1v) is 12.6. The number of H-pyrrole nitrogens is 1. The van der Waals surface area contributed by atoms with Crippen LogP contribution in [-0.4, -0.2) is 60.1 Å². The van der Waals surface area contributed by atoms with Gasteiger partial charge in [0, 0.05) is 43.8 Å². The summed E-state index contributed by atoms with van der Waals surface area (Å²) in [7, 11) is 1.53. The largest absolute Gasteiger partial charge is 0.383 e. The van der Waals surface area contributed by atoms with Crippen LogP contribution in [0.15, 0.2) is 79.0 Å². The summed E-state index contributed by atoms with van der Waals surface area (Å²) in [5.41, 5.74) is 4.37. The van der Waals surface area contributed by atoms with Gasteiger partial charge in [-0.3, -0.25) is 4.79 Å². The second kappa shape index (κ2) is 12.9. The van der Waals surface area contributed by atoms with Gasteiger partial charge in [-0.1, -0.05) is 60.2 Å². The molecule has 0 spiro atoms. The highest BCUT2D eigenvalue weighted by Crippen LogP contribution is 2.19. The zero-order valence-corrected chi connectivity index (χ0v) is 21.7. The number of nitrogens with zero attached hydrogens (tertiary/aromatic N) is 2. The second-order valence-electron chi connectivity index (χ2n) is 9.23. The molecular weight excluding hydrogens is 483 g/mol. The standard InChI is InChI=1S/C30H33FN4O3/c1-22-11-13-23(14-12-22)20-34(16-15-24-19-32-27-9-5-3-7-25(24)27)29(36)21-35(17-18-38-2)30(37)33-28-10-6-4-8-26(28)31/h3-14,19,32H,15-18,20-21H2,1-2H3,(H,33,37). The number of para-hydroxylation sites is 2. The van der Waals surface area contributed by atoms with Crippen molar-refractivity contribution in [2.75, 3.05) is 38.7 Å². The Morgan fingerprint density at radius 1 is 0.947 bits per heavy atom. The van der Waals surface area contributed by atoms with Crippen LogP contribution in [0.3, 0.4) is 0 Å². The number of hydrogen-bond acceptors (Lipinski definition) is 3. The van der Waals surface area contributed by atoms with Gasteiger partial charge in [0.1, 0.15) is 12.4 Å². The number of carbonyl (C=O) groups excluding carboxylic acids is 2. The number of hydrogen-bond donors (Lipinski definition) is 2. The van der Waals surface area contributed by atoms with Gasteiger partial charge in [0.2, 0.25) is 5.91 Å². The molecule has 8 heteroatoms. The fraction of sp³-hybridized carbons (Fsp3) is 0.267. The Bertz CT molecular complexity index is 1370. The van der Waals surface area contributed by atoms with Gasteiger partial charge in [-0.05, 0) is 42.7 Å². The maximum Gasteiger partial charge on any atom is 0.322 e. The molecule has 0 atom stereocenters. The number of amides is 3. The van der Waals surface area contributed by atoms with Crippen molar-refractivity contribution in [1.82, 2.24) is 14.8 Å². The second-order valence-corrected chi connectivity index (χ2v) is 9.23. The molecule has 0 saturated carbocycles. The summed E-state index contributed by atoms with van der Waals surface area (Å²) in [5, 5.41) is 3.70. The highest BCUT2D eigenvalue weighted by atomic mass is 19.1. The molecule has 0 fully saturated rings. The van der Waals surface area contributed by atoms with Crippen LogP contribution in [0, 0.1) is 12.7 Å². The Labute approximate surface area is 222 Å². The molecule has 4 aromatic rings. The van der Waals surface area contributed by atoms with Crippen LogP contribution in [-0.2, 0) is 22.5 Å². The average Bonchev–Trinajstić information content (AvgIpc) is 3.34. The lowest BCUT2D eigenvalue weighted by atomic mass is 10.1. The molecule has 0 radical (unpaired) electrons. The molecule has 1 aromatic heterocycles. The third-order valence-corrected chi connectivity index (χ3v) is 6.47. The number of halogens is 1. The molecule has 2 N–H and O–H groups in total. The Balaban J connectivity index is 1.51. The van der Waals surface area contributed by atoms with Crippen molar-refractivity contribution in [2.24, 2.45) is 0 Å². The number of rotatable bonds is 11. The van der Waals surface area contributed by atoms with E-state index in [2.05, 4.69) is 16.4 Å². The van der Waals surface area contributed by atoms with E-state index < -0.39 is 11.8 Å². The minimum Gasteiger partial charge on any atom is -0.383 e.